The lowest BCUT2D eigenvalue weighted by molar-refractivity contribution is -0.129. The van der Waals surface area contributed by atoms with Crippen LogP contribution >= 0.6 is 0 Å². The quantitative estimate of drug-likeness (QED) is 0.714. The Labute approximate surface area is 128 Å². The maximum absolute atomic E-state index is 11.6. The zero-order valence-electron chi connectivity index (χ0n) is 13.6. The third kappa shape index (κ3) is 5.24. The third-order valence-corrected chi connectivity index (χ3v) is 4.62. The van der Waals surface area contributed by atoms with Gasteiger partial charge in [0.25, 0.3) is 0 Å². The van der Waals surface area contributed by atoms with Gasteiger partial charge in [0.1, 0.15) is 0 Å². The first-order valence-electron chi connectivity index (χ1n) is 8.45. The van der Waals surface area contributed by atoms with Crippen LogP contribution in [0.25, 0.3) is 0 Å². The monoisotopic (exact) mass is 297 g/mol. The Balaban J connectivity index is 1.66. The van der Waals surface area contributed by atoms with Crippen molar-refractivity contribution in [3.63, 3.8) is 0 Å². The molecule has 2 heterocycles. The van der Waals surface area contributed by atoms with E-state index in [1.165, 1.54) is 12.8 Å². The fraction of sp³-hybridized carbons (Fsp3) is 0.938. The summed E-state index contributed by atoms with van der Waals surface area (Å²) in [6.07, 6.45) is 3.63. The van der Waals surface area contributed by atoms with E-state index in [2.05, 4.69) is 23.8 Å². The third-order valence-electron chi connectivity index (χ3n) is 4.62. The topological polar surface area (TPSA) is 47.0 Å². The highest BCUT2D eigenvalue weighted by atomic mass is 16.3. The van der Waals surface area contributed by atoms with Crippen molar-refractivity contribution in [1.29, 1.82) is 0 Å². The molecule has 5 nitrogen and oxygen atoms in total. The minimum Gasteiger partial charge on any atom is -0.390 e. The van der Waals surface area contributed by atoms with Gasteiger partial charge >= 0.3 is 0 Å². The number of carbonyl (C=O) groups excluding carboxylic acids is 1. The second-order valence-corrected chi connectivity index (χ2v) is 6.77. The minimum atomic E-state index is -0.404. The molecular formula is C16H31N3O2. The first-order chi connectivity index (χ1) is 10.1. The van der Waals surface area contributed by atoms with Gasteiger partial charge in [0.05, 0.1) is 6.10 Å². The summed E-state index contributed by atoms with van der Waals surface area (Å²) in [5, 5.41) is 10.2. The molecule has 2 fully saturated rings. The number of aliphatic hydroxyl groups is 1. The predicted octanol–water partition coefficient (Wildman–Crippen LogP) is 0.633. The molecule has 1 N–H and O–H groups in total. The molecule has 0 spiro atoms. The van der Waals surface area contributed by atoms with Crippen molar-refractivity contribution in [2.75, 3.05) is 52.9 Å². The van der Waals surface area contributed by atoms with Crippen LogP contribution in [0.5, 0.6) is 0 Å². The first kappa shape index (κ1) is 16.7. The van der Waals surface area contributed by atoms with E-state index >= 15 is 0 Å². The molecule has 0 aliphatic carbocycles. The van der Waals surface area contributed by atoms with Crippen molar-refractivity contribution in [2.24, 2.45) is 5.92 Å². The van der Waals surface area contributed by atoms with Crippen molar-refractivity contribution < 1.29 is 9.90 Å². The van der Waals surface area contributed by atoms with E-state index in [4.69, 9.17) is 0 Å². The molecular weight excluding hydrogens is 266 g/mol. The number of hydrogen-bond acceptors (Lipinski definition) is 4. The Morgan fingerprint density at radius 1 is 1.38 bits per heavy atom. The van der Waals surface area contributed by atoms with Crippen LogP contribution in [0.3, 0.4) is 0 Å². The van der Waals surface area contributed by atoms with Crippen LogP contribution in [0, 0.1) is 5.92 Å². The number of aliphatic hydroxyl groups excluding tert-OH is 1. The molecule has 2 unspecified atom stereocenters. The molecule has 21 heavy (non-hydrogen) atoms. The average molecular weight is 297 g/mol. The Hall–Kier alpha value is -0.650. The van der Waals surface area contributed by atoms with Crippen LogP contribution in [0.15, 0.2) is 0 Å². The largest absolute Gasteiger partial charge is 0.390 e. The highest BCUT2D eigenvalue weighted by Crippen LogP contribution is 2.18. The van der Waals surface area contributed by atoms with E-state index in [1.807, 2.05) is 4.90 Å². The molecule has 122 valence electrons. The van der Waals surface area contributed by atoms with E-state index < -0.39 is 6.10 Å². The van der Waals surface area contributed by atoms with Crippen molar-refractivity contribution in [3.8, 4) is 0 Å². The molecule has 0 radical (unpaired) electrons. The van der Waals surface area contributed by atoms with Gasteiger partial charge in [0.15, 0.2) is 0 Å². The van der Waals surface area contributed by atoms with Crippen molar-refractivity contribution in [3.05, 3.63) is 0 Å². The second kappa shape index (κ2) is 8.11. The van der Waals surface area contributed by atoms with E-state index in [0.717, 1.165) is 45.1 Å². The average Bonchev–Trinajstić information content (AvgIpc) is 3.00. The summed E-state index contributed by atoms with van der Waals surface area (Å²) in [5.41, 5.74) is 0. The Morgan fingerprint density at radius 3 is 2.86 bits per heavy atom. The van der Waals surface area contributed by atoms with Gasteiger partial charge in [-0.2, -0.15) is 0 Å². The Bertz CT molecular complexity index is 337. The van der Waals surface area contributed by atoms with Crippen LogP contribution in [-0.2, 0) is 4.79 Å². The smallest absolute Gasteiger partial charge is 0.222 e. The molecule has 2 atom stereocenters. The zero-order valence-corrected chi connectivity index (χ0v) is 13.6. The molecule has 0 aromatic heterocycles. The fourth-order valence-corrected chi connectivity index (χ4v) is 3.65. The van der Waals surface area contributed by atoms with Crippen LogP contribution in [0.4, 0.5) is 0 Å². The van der Waals surface area contributed by atoms with Gasteiger partial charge in [-0.1, -0.05) is 6.92 Å². The second-order valence-electron chi connectivity index (χ2n) is 6.77. The Morgan fingerprint density at radius 2 is 2.19 bits per heavy atom. The number of rotatable bonds is 8. The van der Waals surface area contributed by atoms with Gasteiger partial charge in [-0.3, -0.25) is 4.79 Å². The van der Waals surface area contributed by atoms with E-state index in [9.17, 15) is 9.90 Å². The number of likely N-dealkylation sites (tertiary alicyclic amines) is 2. The molecule has 2 saturated heterocycles. The summed E-state index contributed by atoms with van der Waals surface area (Å²) >= 11 is 0. The first-order valence-corrected chi connectivity index (χ1v) is 8.45. The highest BCUT2D eigenvalue weighted by molar-refractivity contribution is 5.78. The lowest BCUT2D eigenvalue weighted by Crippen LogP contribution is -2.40. The van der Waals surface area contributed by atoms with Gasteiger partial charge in [-0.15, -0.1) is 0 Å². The normalized spacial score (nSPS) is 25.2. The van der Waals surface area contributed by atoms with Crippen LogP contribution < -0.4 is 0 Å². The Kier molecular flexibility index (Phi) is 6.45. The number of amides is 1. The number of β-amino-alcohol motifs (C(OH)–C–C–N with tert-alkyl or cyclic N) is 1. The van der Waals surface area contributed by atoms with Crippen molar-refractivity contribution in [1.82, 2.24) is 14.7 Å². The van der Waals surface area contributed by atoms with Crippen molar-refractivity contribution >= 4 is 5.91 Å². The van der Waals surface area contributed by atoms with Crippen LogP contribution in [0.2, 0.25) is 0 Å². The maximum atomic E-state index is 11.6. The van der Waals surface area contributed by atoms with Gasteiger partial charge < -0.3 is 19.8 Å². The number of hydrogen-bond donors (Lipinski definition) is 1. The summed E-state index contributed by atoms with van der Waals surface area (Å²) < 4.78 is 0. The molecule has 0 saturated carbocycles. The predicted molar refractivity (Wildman–Crippen MR) is 84.2 cm³/mol. The van der Waals surface area contributed by atoms with E-state index in [1.54, 1.807) is 0 Å². The lowest BCUT2D eigenvalue weighted by atomic mass is 10.1. The van der Waals surface area contributed by atoms with Crippen LogP contribution in [0.1, 0.15) is 32.6 Å². The highest BCUT2D eigenvalue weighted by Gasteiger charge is 2.27. The molecule has 2 rings (SSSR count). The van der Waals surface area contributed by atoms with E-state index in [0.29, 0.717) is 19.5 Å². The number of carbonyl (C=O) groups is 1. The van der Waals surface area contributed by atoms with Gasteiger partial charge in [0.2, 0.25) is 5.91 Å². The zero-order chi connectivity index (χ0) is 15.2. The summed E-state index contributed by atoms with van der Waals surface area (Å²) in [6.45, 7) is 8.73. The molecule has 2 aliphatic heterocycles. The van der Waals surface area contributed by atoms with Gasteiger partial charge in [0, 0.05) is 39.1 Å². The molecule has 0 bridgehead atoms. The van der Waals surface area contributed by atoms with Crippen LogP contribution in [-0.4, -0.2) is 84.7 Å². The lowest BCUT2D eigenvalue weighted by Gasteiger charge is -2.25. The summed E-state index contributed by atoms with van der Waals surface area (Å²) in [6, 6.07) is 0. The maximum Gasteiger partial charge on any atom is 0.222 e. The molecule has 0 aromatic carbocycles. The minimum absolute atomic E-state index is 0.203. The number of nitrogens with zero attached hydrogens (tertiary/aromatic N) is 3. The molecule has 2 aliphatic rings. The fourth-order valence-electron chi connectivity index (χ4n) is 3.65. The summed E-state index contributed by atoms with van der Waals surface area (Å²) in [4.78, 5) is 18.2. The van der Waals surface area contributed by atoms with Gasteiger partial charge in [-0.05, 0) is 45.3 Å². The van der Waals surface area contributed by atoms with Gasteiger partial charge in [-0.25, -0.2) is 0 Å². The molecule has 1 amide bonds. The summed E-state index contributed by atoms with van der Waals surface area (Å²) in [5.74, 6) is 0.928. The van der Waals surface area contributed by atoms with E-state index in [-0.39, 0.29) is 5.91 Å². The standard InChI is InChI=1S/C16H31N3O2/c1-3-7-17(2)10-14-6-9-18(11-14)12-15(20)13-19-8-4-5-16(19)21/h14-15,20H,3-13H2,1-2H3. The molecule has 5 heteroatoms. The SMILES string of the molecule is CCCN(C)CC1CCN(CC(O)CN2CCCC2=O)C1. The summed E-state index contributed by atoms with van der Waals surface area (Å²) in [7, 11) is 2.19. The van der Waals surface area contributed by atoms with Crippen molar-refractivity contribution in [2.45, 2.75) is 38.7 Å². The molecule has 0 aromatic rings.